The summed E-state index contributed by atoms with van der Waals surface area (Å²) in [6.07, 6.45) is 1.40. The number of para-hydroxylation sites is 2. The first-order valence-corrected chi connectivity index (χ1v) is 7.19. The molecule has 0 aliphatic carbocycles. The van der Waals surface area contributed by atoms with E-state index in [2.05, 4.69) is 20.1 Å². The highest BCUT2D eigenvalue weighted by Crippen LogP contribution is 2.19. The lowest BCUT2D eigenvalue weighted by Crippen LogP contribution is -2.25. The minimum absolute atomic E-state index is 0.0319. The van der Waals surface area contributed by atoms with E-state index in [-0.39, 0.29) is 12.0 Å². The van der Waals surface area contributed by atoms with Gasteiger partial charge in [0.15, 0.2) is 5.82 Å². The number of fused-ring (bicyclic) bond motifs is 1. The fraction of sp³-hybridized carbons (Fsp3) is 0.400. The first-order valence-electron chi connectivity index (χ1n) is 7.19. The summed E-state index contributed by atoms with van der Waals surface area (Å²) >= 11 is 0. The molecule has 3 rings (SSSR count). The van der Waals surface area contributed by atoms with Gasteiger partial charge in [0.1, 0.15) is 5.82 Å². The zero-order chi connectivity index (χ0) is 14.8. The Kier molecular flexibility index (Phi) is 3.70. The Morgan fingerprint density at radius 1 is 1.29 bits per heavy atom. The van der Waals surface area contributed by atoms with Gasteiger partial charge in [0, 0.05) is 6.04 Å². The van der Waals surface area contributed by atoms with E-state index in [0.717, 1.165) is 23.3 Å². The molecule has 0 spiro atoms. The van der Waals surface area contributed by atoms with E-state index in [1.807, 2.05) is 38.1 Å². The minimum Gasteiger partial charge on any atom is -0.342 e. The van der Waals surface area contributed by atoms with Crippen molar-refractivity contribution in [2.75, 3.05) is 0 Å². The summed E-state index contributed by atoms with van der Waals surface area (Å²) in [7, 11) is 0. The monoisotopic (exact) mass is 285 g/mol. The lowest BCUT2D eigenvalue weighted by Gasteiger charge is -2.13. The van der Waals surface area contributed by atoms with E-state index in [4.69, 9.17) is 10.3 Å². The van der Waals surface area contributed by atoms with Gasteiger partial charge < -0.3 is 15.2 Å². The molecule has 0 radical (unpaired) electrons. The fourth-order valence-corrected chi connectivity index (χ4v) is 2.30. The predicted octanol–water partition coefficient (Wildman–Crippen LogP) is 2.38. The second-order valence-electron chi connectivity index (χ2n) is 5.29. The van der Waals surface area contributed by atoms with Gasteiger partial charge in [-0.15, -0.1) is 0 Å². The molecule has 0 fully saturated rings. The van der Waals surface area contributed by atoms with Crippen molar-refractivity contribution in [2.24, 2.45) is 5.73 Å². The third-order valence-electron chi connectivity index (χ3n) is 3.75. The van der Waals surface area contributed by atoms with Crippen molar-refractivity contribution in [2.45, 2.75) is 38.6 Å². The number of nitrogens with one attached hydrogen (secondary N) is 1. The Morgan fingerprint density at radius 3 is 2.86 bits per heavy atom. The van der Waals surface area contributed by atoms with Crippen molar-refractivity contribution in [1.29, 1.82) is 0 Å². The number of benzene rings is 1. The zero-order valence-corrected chi connectivity index (χ0v) is 12.2. The first-order chi connectivity index (χ1) is 10.2. The SMILES string of the molecule is CCC(N)C(C)c1nc(Cc2nc3ccccc3[nH]2)no1. The zero-order valence-electron chi connectivity index (χ0n) is 12.2. The molecular formula is C15H19N5O. The molecule has 3 aromatic rings. The molecule has 6 nitrogen and oxygen atoms in total. The number of nitrogens with two attached hydrogens (primary N) is 1. The number of rotatable bonds is 5. The van der Waals surface area contributed by atoms with Crippen LogP contribution < -0.4 is 5.73 Å². The lowest BCUT2D eigenvalue weighted by atomic mass is 10.0. The third kappa shape index (κ3) is 2.80. The highest BCUT2D eigenvalue weighted by molar-refractivity contribution is 5.74. The topological polar surface area (TPSA) is 93.6 Å². The standard InChI is InChI=1S/C15H19N5O/c1-3-10(16)9(2)15-19-14(20-21-15)8-13-17-11-6-4-5-7-12(11)18-13/h4-7,9-10H,3,8,16H2,1-2H3,(H,17,18). The summed E-state index contributed by atoms with van der Waals surface area (Å²) in [6, 6.07) is 7.94. The molecule has 2 unspecified atom stereocenters. The summed E-state index contributed by atoms with van der Waals surface area (Å²) in [5.74, 6) is 2.11. The number of hydrogen-bond donors (Lipinski definition) is 2. The van der Waals surface area contributed by atoms with Crippen molar-refractivity contribution in [1.82, 2.24) is 20.1 Å². The van der Waals surface area contributed by atoms with Crippen LogP contribution in [0.25, 0.3) is 11.0 Å². The molecule has 0 saturated carbocycles. The van der Waals surface area contributed by atoms with Crippen molar-refractivity contribution in [3.8, 4) is 0 Å². The van der Waals surface area contributed by atoms with E-state index in [1.54, 1.807) is 0 Å². The highest BCUT2D eigenvalue weighted by atomic mass is 16.5. The van der Waals surface area contributed by atoms with Crippen LogP contribution in [0.2, 0.25) is 0 Å². The van der Waals surface area contributed by atoms with Gasteiger partial charge in [-0.3, -0.25) is 0 Å². The van der Waals surface area contributed by atoms with Gasteiger partial charge in [0.2, 0.25) is 5.89 Å². The summed E-state index contributed by atoms with van der Waals surface area (Å²) in [5.41, 5.74) is 7.97. The van der Waals surface area contributed by atoms with Gasteiger partial charge in [-0.05, 0) is 18.6 Å². The number of aromatic nitrogens is 4. The van der Waals surface area contributed by atoms with Gasteiger partial charge in [0.05, 0.1) is 23.4 Å². The number of H-pyrrole nitrogens is 1. The number of imidazole rings is 1. The summed E-state index contributed by atoms with van der Waals surface area (Å²) < 4.78 is 5.31. The molecule has 1 aromatic carbocycles. The summed E-state index contributed by atoms with van der Waals surface area (Å²) in [5, 5.41) is 4.02. The number of nitrogens with zero attached hydrogens (tertiary/aromatic N) is 3. The molecule has 0 bridgehead atoms. The Hall–Kier alpha value is -2.21. The average molecular weight is 285 g/mol. The van der Waals surface area contributed by atoms with Crippen molar-refractivity contribution in [3.05, 3.63) is 41.8 Å². The van der Waals surface area contributed by atoms with Crippen LogP contribution >= 0.6 is 0 Å². The minimum atomic E-state index is 0.0319. The predicted molar refractivity (Wildman–Crippen MR) is 79.9 cm³/mol. The normalized spacial score (nSPS) is 14.4. The molecule has 21 heavy (non-hydrogen) atoms. The summed E-state index contributed by atoms with van der Waals surface area (Å²) in [4.78, 5) is 12.2. The van der Waals surface area contributed by atoms with E-state index in [0.29, 0.717) is 18.1 Å². The van der Waals surface area contributed by atoms with Gasteiger partial charge in [-0.1, -0.05) is 31.1 Å². The Bertz CT molecular complexity index is 699. The Labute approximate surface area is 122 Å². The largest absolute Gasteiger partial charge is 0.342 e. The van der Waals surface area contributed by atoms with Crippen molar-refractivity contribution in [3.63, 3.8) is 0 Å². The van der Waals surface area contributed by atoms with Crippen LogP contribution in [0.1, 0.15) is 43.7 Å². The Morgan fingerprint density at radius 2 is 2.10 bits per heavy atom. The average Bonchev–Trinajstić information content (AvgIpc) is 3.12. The molecule has 0 aliphatic rings. The Balaban J connectivity index is 1.77. The molecule has 2 heterocycles. The maximum absolute atomic E-state index is 6.02. The van der Waals surface area contributed by atoms with E-state index >= 15 is 0 Å². The second-order valence-corrected chi connectivity index (χ2v) is 5.29. The maximum atomic E-state index is 6.02. The van der Waals surface area contributed by atoms with Crippen molar-refractivity contribution < 1.29 is 4.52 Å². The third-order valence-corrected chi connectivity index (χ3v) is 3.75. The van der Waals surface area contributed by atoms with E-state index < -0.39 is 0 Å². The molecule has 0 saturated heterocycles. The van der Waals surface area contributed by atoms with Gasteiger partial charge in [0.25, 0.3) is 0 Å². The lowest BCUT2D eigenvalue weighted by molar-refractivity contribution is 0.337. The molecule has 2 atom stereocenters. The smallest absolute Gasteiger partial charge is 0.231 e. The van der Waals surface area contributed by atoms with Gasteiger partial charge in [-0.25, -0.2) is 4.98 Å². The van der Waals surface area contributed by atoms with Crippen LogP contribution in [0.15, 0.2) is 28.8 Å². The molecule has 2 aromatic heterocycles. The van der Waals surface area contributed by atoms with E-state index in [1.165, 1.54) is 0 Å². The van der Waals surface area contributed by atoms with Crippen molar-refractivity contribution >= 4 is 11.0 Å². The highest BCUT2D eigenvalue weighted by Gasteiger charge is 2.20. The first kappa shape index (κ1) is 13.8. The number of aromatic amines is 1. The van der Waals surface area contributed by atoms with Crippen LogP contribution in [-0.2, 0) is 6.42 Å². The molecule has 0 aliphatic heterocycles. The quantitative estimate of drug-likeness (QED) is 0.750. The van der Waals surface area contributed by atoms with Crippen LogP contribution in [0.4, 0.5) is 0 Å². The molecule has 3 N–H and O–H groups in total. The van der Waals surface area contributed by atoms with E-state index in [9.17, 15) is 0 Å². The van der Waals surface area contributed by atoms with Crippen LogP contribution in [-0.4, -0.2) is 26.2 Å². The summed E-state index contributed by atoms with van der Waals surface area (Å²) in [6.45, 7) is 4.06. The second kappa shape index (κ2) is 5.65. The van der Waals surface area contributed by atoms with Crippen LogP contribution in [0.5, 0.6) is 0 Å². The molecule has 110 valence electrons. The maximum Gasteiger partial charge on any atom is 0.231 e. The molecular weight excluding hydrogens is 266 g/mol. The molecule has 0 amide bonds. The molecule has 6 heteroatoms. The van der Waals surface area contributed by atoms with Gasteiger partial charge >= 0.3 is 0 Å². The van der Waals surface area contributed by atoms with Crippen LogP contribution in [0.3, 0.4) is 0 Å². The fourth-order valence-electron chi connectivity index (χ4n) is 2.30. The van der Waals surface area contributed by atoms with Crippen LogP contribution in [0, 0.1) is 0 Å². The van der Waals surface area contributed by atoms with Gasteiger partial charge in [-0.2, -0.15) is 4.98 Å². The number of hydrogen-bond acceptors (Lipinski definition) is 5.